The first-order valence-electron chi connectivity index (χ1n) is 7.88. The number of urea groups is 1. The molecule has 0 unspecified atom stereocenters. The fourth-order valence-electron chi connectivity index (χ4n) is 2.74. The zero-order valence-corrected chi connectivity index (χ0v) is 13.7. The summed E-state index contributed by atoms with van der Waals surface area (Å²) >= 11 is 0. The summed E-state index contributed by atoms with van der Waals surface area (Å²) in [6.45, 7) is 1.31. The van der Waals surface area contributed by atoms with Crippen LogP contribution >= 0.6 is 0 Å². The van der Waals surface area contributed by atoms with Crippen molar-refractivity contribution >= 4 is 6.03 Å². The first-order chi connectivity index (χ1) is 10.6. The number of aryl methyl sites for hydroxylation is 1. The van der Waals surface area contributed by atoms with Crippen molar-refractivity contribution < 1.29 is 4.79 Å². The number of amides is 2. The predicted molar refractivity (Wildman–Crippen MR) is 87.5 cm³/mol. The molecular weight excluding hydrogens is 278 g/mol. The summed E-state index contributed by atoms with van der Waals surface area (Å²) in [5.74, 6) is 0.568. The van der Waals surface area contributed by atoms with E-state index in [0.29, 0.717) is 12.5 Å². The minimum absolute atomic E-state index is 0.0923. The van der Waals surface area contributed by atoms with Gasteiger partial charge in [0, 0.05) is 31.9 Å². The molecule has 6 nitrogen and oxygen atoms in total. The molecule has 1 aliphatic carbocycles. The van der Waals surface area contributed by atoms with Crippen molar-refractivity contribution in [3.05, 3.63) is 30.1 Å². The van der Waals surface area contributed by atoms with Crippen molar-refractivity contribution in [2.75, 3.05) is 27.2 Å². The second-order valence-electron chi connectivity index (χ2n) is 6.17. The normalized spacial score (nSPS) is 19.2. The van der Waals surface area contributed by atoms with Crippen LogP contribution in [0.4, 0.5) is 4.79 Å². The minimum atomic E-state index is -0.0923. The zero-order valence-electron chi connectivity index (χ0n) is 13.7. The van der Waals surface area contributed by atoms with Crippen molar-refractivity contribution in [2.24, 2.45) is 13.0 Å². The Hall–Kier alpha value is -1.82. The molecule has 2 rings (SSSR count). The highest BCUT2D eigenvalue weighted by atomic mass is 16.2. The predicted octanol–water partition coefficient (Wildman–Crippen LogP) is 1.68. The third-order valence-electron chi connectivity index (χ3n) is 4.12. The number of carbonyl (C=O) groups is 1. The molecule has 0 saturated heterocycles. The van der Waals surface area contributed by atoms with Crippen LogP contribution in [0.25, 0.3) is 0 Å². The van der Waals surface area contributed by atoms with Gasteiger partial charge in [-0.25, -0.2) is 4.79 Å². The van der Waals surface area contributed by atoms with E-state index in [0.717, 1.165) is 31.4 Å². The van der Waals surface area contributed by atoms with Crippen LogP contribution < -0.4 is 10.6 Å². The molecule has 1 heterocycles. The molecule has 1 aromatic rings. The molecular formula is C16H27N5O. The Morgan fingerprint density at radius 1 is 1.45 bits per heavy atom. The third-order valence-corrected chi connectivity index (χ3v) is 4.12. The molecule has 2 amide bonds. The van der Waals surface area contributed by atoms with Crippen molar-refractivity contribution in [1.29, 1.82) is 0 Å². The van der Waals surface area contributed by atoms with Crippen molar-refractivity contribution in [3.8, 4) is 0 Å². The molecule has 1 aliphatic rings. The zero-order chi connectivity index (χ0) is 15.9. The second kappa shape index (κ2) is 7.98. The maximum atomic E-state index is 12.0. The van der Waals surface area contributed by atoms with Gasteiger partial charge in [0.1, 0.15) is 0 Å². The average molecular weight is 305 g/mol. The van der Waals surface area contributed by atoms with E-state index >= 15 is 0 Å². The molecule has 2 N–H and O–H groups in total. The van der Waals surface area contributed by atoms with Crippen LogP contribution in [0.15, 0.2) is 24.5 Å². The van der Waals surface area contributed by atoms with Gasteiger partial charge in [0.15, 0.2) is 0 Å². The van der Waals surface area contributed by atoms with Gasteiger partial charge in [-0.2, -0.15) is 5.10 Å². The number of hydrogen-bond donors (Lipinski definition) is 2. The number of carbonyl (C=O) groups excluding carboxylic acids is 1. The Morgan fingerprint density at radius 3 is 2.86 bits per heavy atom. The monoisotopic (exact) mass is 305 g/mol. The molecule has 0 aliphatic heterocycles. The average Bonchev–Trinajstić information content (AvgIpc) is 2.92. The maximum absolute atomic E-state index is 12.0. The lowest BCUT2D eigenvalue weighted by Crippen LogP contribution is -2.42. The van der Waals surface area contributed by atoms with E-state index in [4.69, 9.17) is 0 Å². The van der Waals surface area contributed by atoms with E-state index < -0.39 is 0 Å². The van der Waals surface area contributed by atoms with Crippen LogP contribution in [-0.4, -0.2) is 47.9 Å². The molecule has 0 spiro atoms. The van der Waals surface area contributed by atoms with Crippen molar-refractivity contribution in [2.45, 2.75) is 25.3 Å². The number of rotatable bonds is 6. The Bertz CT molecular complexity index is 508. The fraction of sp³-hybridized carbons (Fsp3) is 0.625. The number of hydrogen-bond acceptors (Lipinski definition) is 3. The molecule has 122 valence electrons. The molecule has 0 bridgehead atoms. The van der Waals surface area contributed by atoms with Crippen molar-refractivity contribution in [3.63, 3.8) is 0 Å². The van der Waals surface area contributed by atoms with E-state index in [2.05, 4.69) is 32.8 Å². The van der Waals surface area contributed by atoms with E-state index in [-0.39, 0.29) is 12.1 Å². The highest BCUT2D eigenvalue weighted by molar-refractivity contribution is 5.73. The first kappa shape index (κ1) is 16.5. The second-order valence-corrected chi connectivity index (χ2v) is 6.17. The summed E-state index contributed by atoms with van der Waals surface area (Å²) in [7, 11) is 5.91. The highest BCUT2D eigenvalue weighted by Crippen LogP contribution is 2.17. The van der Waals surface area contributed by atoms with E-state index in [1.807, 2.05) is 33.5 Å². The minimum Gasteiger partial charge on any atom is -0.338 e. The van der Waals surface area contributed by atoms with Gasteiger partial charge < -0.3 is 15.5 Å². The number of nitrogens with zero attached hydrogens (tertiary/aromatic N) is 3. The lowest BCUT2D eigenvalue weighted by molar-refractivity contribution is 0.230. The lowest BCUT2D eigenvalue weighted by Gasteiger charge is -2.24. The summed E-state index contributed by atoms with van der Waals surface area (Å²) in [4.78, 5) is 14.1. The van der Waals surface area contributed by atoms with Gasteiger partial charge in [0.25, 0.3) is 0 Å². The van der Waals surface area contributed by atoms with E-state index in [1.165, 1.54) is 0 Å². The quantitative estimate of drug-likeness (QED) is 0.786. The van der Waals surface area contributed by atoms with Gasteiger partial charge in [-0.1, -0.05) is 12.2 Å². The number of aromatic nitrogens is 2. The molecule has 2 atom stereocenters. The third kappa shape index (κ3) is 4.87. The van der Waals surface area contributed by atoms with Gasteiger partial charge in [0.2, 0.25) is 0 Å². The largest absolute Gasteiger partial charge is 0.338 e. The van der Waals surface area contributed by atoms with Crippen LogP contribution in [0.5, 0.6) is 0 Å². The van der Waals surface area contributed by atoms with Gasteiger partial charge in [-0.05, 0) is 39.3 Å². The topological polar surface area (TPSA) is 62.2 Å². The number of likely N-dealkylation sites (N-methyl/N-ethyl adjacent to an activating group) is 1. The number of nitrogens with one attached hydrogen (secondary N) is 2. The highest BCUT2D eigenvalue weighted by Gasteiger charge is 2.17. The molecule has 22 heavy (non-hydrogen) atoms. The SMILES string of the molecule is CN(C)[C@H](CNC(=O)NC[C@H]1CC=CCC1)c1cnn(C)c1. The Balaban J connectivity index is 1.76. The molecule has 0 fully saturated rings. The molecule has 0 aromatic carbocycles. The van der Waals surface area contributed by atoms with E-state index in [1.54, 1.807) is 4.68 Å². The molecule has 0 radical (unpaired) electrons. The van der Waals surface area contributed by atoms with Gasteiger partial charge >= 0.3 is 6.03 Å². The van der Waals surface area contributed by atoms with Gasteiger partial charge in [-0.3, -0.25) is 4.68 Å². The van der Waals surface area contributed by atoms with Gasteiger partial charge in [-0.15, -0.1) is 0 Å². The fourth-order valence-corrected chi connectivity index (χ4v) is 2.74. The molecule has 1 aromatic heterocycles. The Kier molecular flexibility index (Phi) is 6.00. The van der Waals surface area contributed by atoms with E-state index in [9.17, 15) is 4.79 Å². The van der Waals surface area contributed by atoms with Crippen molar-refractivity contribution in [1.82, 2.24) is 25.3 Å². The lowest BCUT2D eigenvalue weighted by atomic mass is 9.94. The first-order valence-corrected chi connectivity index (χ1v) is 7.88. The number of allylic oxidation sites excluding steroid dienone is 2. The summed E-state index contributed by atoms with van der Waals surface area (Å²) in [6, 6.07) is 0.0300. The van der Waals surface area contributed by atoms with Crippen LogP contribution in [0, 0.1) is 5.92 Å². The standard InChI is InChI=1S/C16H27N5O/c1-20(2)15(14-10-19-21(3)12-14)11-18-16(22)17-9-13-7-5-4-6-8-13/h4-5,10,12-13,15H,6-9,11H2,1-3H3,(H2,17,18,22)/t13-,15+/m0/s1. The van der Waals surface area contributed by atoms with Crippen LogP contribution in [-0.2, 0) is 7.05 Å². The summed E-state index contributed by atoms with van der Waals surface area (Å²) in [5, 5.41) is 10.1. The van der Waals surface area contributed by atoms with Crippen LogP contribution in [0.1, 0.15) is 30.9 Å². The van der Waals surface area contributed by atoms with Crippen LogP contribution in [0.3, 0.4) is 0 Å². The summed E-state index contributed by atoms with van der Waals surface area (Å²) in [5.41, 5.74) is 1.10. The summed E-state index contributed by atoms with van der Waals surface area (Å²) in [6.07, 6.45) is 11.6. The van der Waals surface area contributed by atoms with Gasteiger partial charge in [0.05, 0.1) is 12.2 Å². The Labute approximate surface area is 132 Å². The Morgan fingerprint density at radius 2 is 2.27 bits per heavy atom. The van der Waals surface area contributed by atoms with Crippen LogP contribution in [0.2, 0.25) is 0 Å². The summed E-state index contributed by atoms with van der Waals surface area (Å²) < 4.78 is 1.78. The smallest absolute Gasteiger partial charge is 0.314 e. The molecule has 0 saturated carbocycles. The maximum Gasteiger partial charge on any atom is 0.314 e. The molecule has 6 heteroatoms.